The summed E-state index contributed by atoms with van der Waals surface area (Å²) in [6, 6.07) is 4.11. The van der Waals surface area contributed by atoms with E-state index >= 15 is 0 Å². The molecule has 84 valence electrons. The molecule has 1 heterocycles. The van der Waals surface area contributed by atoms with Crippen LogP contribution in [0, 0.1) is 11.8 Å². The maximum Gasteiger partial charge on any atom is 0.0462 e. The average molecular weight is 208 g/mol. The Morgan fingerprint density at radius 1 is 1.40 bits per heavy atom. The van der Waals surface area contributed by atoms with Gasteiger partial charge in [-0.2, -0.15) is 0 Å². The molecular weight excluding hydrogens is 188 g/mol. The van der Waals surface area contributed by atoms with Gasteiger partial charge in [-0.05, 0) is 43.4 Å². The highest BCUT2D eigenvalue weighted by molar-refractivity contribution is 5.02. The van der Waals surface area contributed by atoms with Crippen molar-refractivity contribution in [2.45, 2.75) is 25.8 Å². The summed E-state index contributed by atoms with van der Waals surface area (Å²) in [6.07, 6.45) is 5.69. The van der Waals surface area contributed by atoms with Gasteiger partial charge in [0.05, 0.1) is 0 Å². The van der Waals surface area contributed by atoms with Crippen molar-refractivity contribution in [3.63, 3.8) is 0 Å². The Kier molecular flexibility index (Phi) is 3.80. The van der Waals surface area contributed by atoms with E-state index in [-0.39, 0.29) is 0 Å². The highest BCUT2D eigenvalue weighted by atomic mass is 16.3. The van der Waals surface area contributed by atoms with Crippen LogP contribution in [0.5, 0.6) is 0 Å². The van der Waals surface area contributed by atoms with Gasteiger partial charge in [0, 0.05) is 25.0 Å². The van der Waals surface area contributed by atoms with E-state index in [1.807, 2.05) is 12.3 Å². The Bertz CT molecular complexity index is 271. The van der Waals surface area contributed by atoms with Crippen molar-refractivity contribution < 1.29 is 5.11 Å². The molecule has 0 spiro atoms. The van der Waals surface area contributed by atoms with Crippen molar-refractivity contribution in [3.05, 3.63) is 24.0 Å². The molecule has 1 aliphatic rings. The zero-order chi connectivity index (χ0) is 10.5. The van der Waals surface area contributed by atoms with Crippen LogP contribution in [-0.4, -0.2) is 23.2 Å². The summed E-state index contributed by atoms with van der Waals surface area (Å²) in [7, 11) is 0. The molecule has 0 aromatic carbocycles. The fourth-order valence-corrected chi connectivity index (χ4v) is 2.49. The second-order valence-electron chi connectivity index (χ2n) is 4.46. The molecule has 0 bridgehead atoms. The molecule has 0 radical (unpaired) electrons. The third-order valence-corrected chi connectivity index (χ3v) is 3.44. The highest BCUT2D eigenvalue weighted by Crippen LogP contribution is 2.30. The Morgan fingerprint density at radius 2 is 2.27 bits per heavy atom. The summed E-state index contributed by atoms with van der Waals surface area (Å²) in [5, 5.41) is 12.6. The normalized spacial score (nSPS) is 25.9. The van der Waals surface area contributed by atoms with Crippen molar-refractivity contribution in [1.29, 1.82) is 0 Å². The van der Waals surface area contributed by atoms with Gasteiger partial charge in [-0.3, -0.25) is 0 Å². The van der Waals surface area contributed by atoms with Crippen molar-refractivity contribution in [2.24, 2.45) is 11.8 Å². The van der Waals surface area contributed by atoms with Gasteiger partial charge in [-0.15, -0.1) is 0 Å². The second kappa shape index (κ2) is 5.33. The van der Waals surface area contributed by atoms with Crippen molar-refractivity contribution in [1.82, 2.24) is 10.3 Å². The summed E-state index contributed by atoms with van der Waals surface area (Å²) in [4.78, 5) is 3.18. The number of aromatic amines is 1. The summed E-state index contributed by atoms with van der Waals surface area (Å²) in [5.41, 5.74) is 1.23. The van der Waals surface area contributed by atoms with E-state index in [0.717, 1.165) is 13.1 Å². The zero-order valence-electron chi connectivity index (χ0n) is 9.08. The molecule has 1 fully saturated rings. The minimum Gasteiger partial charge on any atom is -0.396 e. The first kappa shape index (κ1) is 10.7. The Morgan fingerprint density at radius 3 is 3.00 bits per heavy atom. The molecule has 2 atom stereocenters. The third kappa shape index (κ3) is 2.83. The van der Waals surface area contributed by atoms with Crippen molar-refractivity contribution in [3.8, 4) is 0 Å². The molecule has 0 aliphatic heterocycles. The van der Waals surface area contributed by atoms with Crippen LogP contribution in [-0.2, 0) is 6.54 Å². The first-order valence-electron chi connectivity index (χ1n) is 5.84. The first-order chi connectivity index (χ1) is 7.40. The van der Waals surface area contributed by atoms with Crippen LogP contribution in [0.25, 0.3) is 0 Å². The van der Waals surface area contributed by atoms with E-state index in [1.165, 1.54) is 25.0 Å². The van der Waals surface area contributed by atoms with Gasteiger partial charge in [-0.1, -0.05) is 6.42 Å². The lowest BCUT2D eigenvalue weighted by atomic mass is 9.97. The molecule has 2 rings (SSSR count). The van der Waals surface area contributed by atoms with Gasteiger partial charge >= 0.3 is 0 Å². The largest absolute Gasteiger partial charge is 0.396 e. The summed E-state index contributed by atoms with van der Waals surface area (Å²) >= 11 is 0. The number of aliphatic hydroxyl groups excluding tert-OH is 1. The molecule has 3 nitrogen and oxygen atoms in total. The minimum absolute atomic E-state index is 0.356. The number of rotatable bonds is 5. The van der Waals surface area contributed by atoms with E-state index in [9.17, 15) is 5.11 Å². The molecule has 1 saturated carbocycles. The third-order valence-electron chi connectivity index (χ3n) is 3.44. The fraction of sp³-hybridized carbons (Fsp3) is 0.667. The minimum atomic E-state index is 0.356. The highest BCUT2D eigenvalue weighted by Gasteiger charge is 2.25. The SMILES string of the molecule is OCC1CCCC1CNCc1ccc[nH]1. The lowest BCUT2D eigenvalue weighted by Gasteiger charge is -2.17. The second-order valence-corrected chi connectivity index (χ2v) is 4.46. The van der Waals surface area contributed by atoms with Gasteiger partial charge in [0.1, 0.15) is 0 Å². The molecule has 1 aromatic heterocycles. The Hall–Kier alpha value is -0.800. The fourth-order valence-electron chi connectivity index (χ4n) is 2.49. The molecule has 3 heteroatoms. The molecule has 0 amide bonds. The van der Waals surface area contributed by atoms with Crippen LogP contribution >= 0.6 is 0 Å². The molecule has 2 unspecified atom stereocenters. The smallest absolute Gasteiger partial charge is 0.0462 e. The molecule has 0 saturated heterocycles. The predicted molar refractivity (Wildman–Crippen MR) is 60.4 cm³/mol. The van der Waals surface area contributed by atoms with Gasteiger partial charge in [-0.25, -0.2) is 0 Å². The van der Waals surface area contributed by atoms with Crippen molar-refractivity contribution in [2.75, 3.05) is 13.2 Å². The molecule has 1 aromatic rings. The van der Waals surface area contributed by atoms with Crippen LogP contribution in [0.3, 0.4) is 0 Å². The van der Waals surface area contributed by atoms with Crippen LogP contribution < -0.4 is 5.32 Å². The van der Waals surface area contributed by atoms with E-state index in [1.54, 1.807) is 0 Å². The van der Waals surface area contributed by atoms with E-state index in [2.05, 4.69) is 16.4 Å². The molecule has 1 aliphatic carbocycles. The maximum absolute atomic E-state index is 9.19. The molecule has 3 N–H and O–H groups in total. The van der Waals surface area contributed by atoms with E-state index < -0.39 is 0 Å². The van der Waals surface area contributed by atoms with Gasteiger partial charge in [0.25, 0.3) is 0 Å². The molecule has 15 heavy (non-hydrogen) atoms. The summed E-state index contributed by atoms with van der Waals surface area (Å²) in [6.45, 7) is 2.29. The van der Waals surface area contributed by atoms with Crippen LogP contribution in [0.4, 0.5) is 0 Å². The van der Waals surface area contributed by atoms with Crippen LogP contribution in [0.1, 0.15) is 25.0 Å². The van der Waals surface area contributed by atoms with Crippen LogP contribution in [0.15, 0.2) is 18.3 Å². The zero-order valence-corrected chi connectivity index (χ0v) is 9.08. The average Bonchev–Trinajstić information content (AvgIpc) is 2.88. The Labute approximate surface area is 90.9 Å². The number of aliphatic hydroxyl groups is 1. The first-order valence-corrected chi connectivity index (χ1v) is 5.84. The van der Waals surface area contributed by atoms with E-state index in [4.69, 9.17) is 0 Å². The van der Waals surface area contributed by atoms with Gasteiger partial charge in [0.15, 0.2) is 0 Å². The summed E-state index contributed by atoms with van der Waals surface area (Å²) < 4.78 is 0. The standard InChI is InChI=1S/C12H20N2O/c15-9-11-4-1-3-10(11)7-13-8-12-5-2-6-14-12/h2,5-6,10-11,13-15H,1,3-4,7-9H2. The van der Waals surface area contributed by atoms with Gasteiger partial charge in [0.2, 0.25) is 0 Å². The number of aromatic nitrogens is 1. The van der Waals surface area contributed by atoms with Gasteiger partial charge < -0.3 is 15.4 Å². The lowest BCUT2D eigenvalue weighted by Crippen LogP contribution is -2.26. The van der Waals surface area contributed by atoms with Crippen molar-refractivity contribution >= 4 is 0 Å². The molecular formula is C12H20N2O. The monoisotopic (exact) mass is 208 g/mol. The number of nitrogens with one attached hydrogen (secondary N) is 2. The number of hydrogen-bond acceptors (Lipinski definition) is 2. The maximum atomic E-state index is 9.19. The predicted octanol–water partition coefficient (Wildman–Crippen LogP) is 1.51. The lowest BCUT2D eigenvalue weighted by molar-refractivity contribution is 0.192. The Balaban J connectivity index is 1.69. The van der Waals surface area contributed by atoms with E-state index in [0.29, 0.717) is 18.4 Å². The number of hydrogen-bond donors (Lipinski definition) is 3. The number of H-pyrrole nitrogens is 1. The topological polar surface area (TPSA) is 48.0 Å². The summed E-state index contributed by atoms with van der Waals surface area (Å²) in [5.74, 6) is 1.20. The van der Waals surface area contributed by atoms with Crippen LogP contribution in [0.2, 0.25) is 0 Å². The quantitative estimate of drug-likeness (QED) is 0.687.